The quantitative estimate of drug-likeness (QED) is 0.326. The molecule has 0 aliphatic carbocycles. The van der Waals surface area contributed by atoms with Crippen LogP contribution in [0.25, 0.3) is 21.1 Å². The minimum atomic E-state index is -0.192. The van der Waals surface area contributed by atoms with Gasteiger partial charge in [0, 0.05) is 11.8 Å². The van der Waals surface area contributed by atoms with E-state index in [4.69, 9.17) is 16.6 Å². The number of nitrogens with one attached hydrogen (secondary N) is 1. The molecule has 0 saturated carbocycles. The van der Waals surface area contributed by atoms with Crippen LogP contribution in [0, 0.1) is 5.92 Å². The van der Waals surface area contributed by atoms with Crippen LogP contribution >= 0.6 is 22.9 Å². The zero-order valence-electron chi connectivity index (χ0n) is 19.3. The molecule has 176 valence electrons. The summed E-state index contributed by atoms with van der Waals surface area (Å²) < 4.78 is 0. The Bertz CT molecular complexity index is 1330. The molecule has 1 atom stereocenters. The van der Waals surface area contributed by atoms with Crippen LogP contribution in [-0.2, 0) is 0 Å². The Kier molecular flexibility index (Phi) is 6.72. The maximum absolute atomic E-state index is 13.5. The molecule has 0 amide bonds. The van der Waals surface area contributed by atoms with Gasteiger partial charge in [-0.05, 0) is 62.8 Å². The lowest BCUT2D eigenvalue weighted by Gasteiger charge is -2.30. The van der Waals surface area contributed by atoms with E-state index in [1.54, 1.807) is 5.51 Å². The van der Waals surface area contributed by atoms with Gasteiger partial charge >= 0.3 is 0 Å². The smallest absolute Gasteiger partial charge is 0.182 e. The van der Waals surface area contributed by atoms with Crippen molar-refractivity contribution in [1.29, 1.82) is 0 Å². The third kappa shape index (κ3) is 4.62. The molecule has 1 aliphatic heterocycles. The zero-order valence-corrected chi connectivity index (χ0v) is 20.9. The van der Waals surface area contributed by atoms with E-state index in [1.165, 1.54) is 17.7 Å². The van der Waals surface area contributed by atoms with Gasteiger partial charge in [0.2, 0.25) is 0 Å². The number of carbonyl (C=O) groups excluding carboxylic acids is 1. The number of aromatic nitrogens is 4. The number of ketones is 1. The first kappa shape index (κ1) is 23.1. The van der Waals surface area contributed by atoms with Crippen molar-refractivity contribution < 1.29 is 4.79 Å². The summed E-state index contributed by atoms with van der Waals surface area (Å²) >= 11 is 8.03. The lowest BCUT2D eigenvalue weighted by atomic mass is 9.90. The van der Waals surface area contributed by atoms with Crippen molar-refractivity contribution in [2.24, 2.45) is 5.92 Å². The molecule has 0 bridgehead atoms. The molecule has 1 aromatic carbocycles. The second-order valence-corrected chi connectivity index (χ2v) is 10.1. The normalized spacial score (nSPS) is 16.2. The minimum absolute atomic E-state index is 0.0611. The fourth-order valence-electron chi connectivity index (χ4n) is 4.66. The van der Waals surface area contributed by atoms with Crippen molar-refractivity contribution in [3.8, 4) is 0 Å². The van der Waals surface area contributed by atoms with Gasteiger partial charge in [0.05, 0.1) is 22.3 Å². The molecule has 0 spiro atoms. The number of halogens is 1. The lowest BCUT2D eigenvalue weighted by Crippen LogP contribution is -2.34. The number of thiazole rings is 1. The van der Waals surface area contributed by atoms with Crippen molar-refractivity contribution in [2.75, 3.05) is 25.0 Å². The first-order chi connectivity index (χ1) is 16.5. The van der Waals surface area contributed by atoms with Gasteiger partial charge in [-0.3, -0.25) is 4.79 Å². The molecule has 5 rings (SSSR count). The first-order valence-corrected chi connectivity index (χ1v) is 12.9. The van der Waals surface area contributed by atoms with Gasteiger partial charge in [-0.15, -0.1) is 11.3 Å². The average Bonchev–Trinajstić information content (AvgIpc) is 3.34. The number of fused-ring (bicyclic) bond motifs is 2. The molecule has 0 unspecified atom stereocenters. The summed E-state index contributed by atoms with van der Waals surface area (Å²) in [4.78, 5) is 34.7. The van der Waals surface area contributed by atoms with Crippen LogP contribution < -0.4 is 5.32 Å². The third-order valence-corrected chi connectivity index (χ3v) is 7.70. The number of anilines is 1. The highest BCUT2D eigenvalue weighted by Gasteiger charge is 2.25. The van der Waals surface area contributed by atoms with Crippen LogP contribution in [0.2, 0.25) is 5.02 Å². The van der Waals surface area contributed by atoms with Gasteiger partial charge in [0.1, 0.15) is 22.4 Å². The van der Waals surface area contributed by atoms with Gasteiger partial charge in [0.15, 0.2) is 11.6 Å². The number of hydrogen-bond acceptors (Lipinski definition) is 8. The molecule has 1 aliphatic rings. The zero-order chi connectivity index (χ0) is 23.7. The second-order valence-electron chi connectivity index (χ2n) is 8.83. The van der Waals surface area contributed by atoms with Crippen LogP contribution in [0.4, 0.5) is 5.82 Å². The molecule has 4 heterocycles. The van der Waals surface area contributed by atoms with Crippen LogP contribution in [0.3, 0.4) is 0 Å². The van der Waals surface area contributed by atoms with E-state index in [9.17, 15) is 4.79 Å². The standard InChI is InChI=1S/C25H27ClN6OS/c1-3-32-9-7-16(8-10-32)11-20(33)22-21-17(5-4-6-18(21)26)12-19(31-22)15(2)30-24-23-25(28-13-27-24)34-14-29-23/h4-6,12-16H,3,7-11H2,1-2H3,(H,27,28,30)/t15-/m0/s1. The van der Waals surface area contributed by atoms with Gasteiger partial charge in [-0.1, -0.05) is 30.7 Å². The highest BCUT2D eigenvalue weighted by molar-refractivity contribution is 7.16. The number of pyridine rings is 1. The molecule has 0 radical (unpaired) electrons. The van der Waals surface area contributed by atoms with Crippen molar-refractivity contribution in [3.63, 3.8) is 0 Å². The van der Waals surface area contributed by atoms with Gasteiger partial charge in [-0.25, -0.2) is 19.9 Å². The summed E-state index contributed by atoms with van der Waals surface area (Å²) in [5, 5.41) is 5.61. The molecule has 1 saturated heterocycles. The Labute approximate surface area is 207 Å². The van der Waals surface area contributed by atoms with Crippen LogP contribution in [0.5, 0.6) is 0 Å². The number of hydrogen-bond donors (Lipinski definition) is 1. The topological polar surface area (TPSA) is 83.9 Å². The molecule has 34 heavy (non-hydrogen) atoms. The molecular weight excluding hydrogens is 468 g/mol. The highest BCUT2D eigenvalue weighted by Crippen LogP contribution is 2.32. The van der Waals surface area contributed by atoms with Gasteiger partial charge in [-0.2, -0.15) is 0 Å². The van der Waals surface area contributed by atoms with Crippen LogP contribution in [0.15, 0.2) is 36.1 Å². The van der Waals surface area contributed by atoms with Gasteiger partial charge in [0.25, 0.3) is 0 Å². The Morgan fingerprint density at radius 1 is 1.26 bits per heavy atom. The van der Waals surface area contributed by atoms with E-state index >= 15 is 0 Å². The molecule has 4 aromatic rings. The summed E-state index contributed by atoms with van der Waals surface area (Å²) in [7, 11) is 0. The molecule has 1 fully saturated rings. The minimum Gasteiger partial charge on any atom is -0.360 e. The highest BCUT2D eigenvalue weighted by atomic mass is 35.5. The number of nitrogens with zero attached hydrogens (tertiary/aromatic N) is 5. The van der Waals surface area contributed by atoms with E-state index in [1.807, 2.05) is 31.2 Å². The summed E-state index contributed by atoms with van der Waals surface area (Å²) in [5.74, 6) is 1.10. The molecule has 3 aromatic heterocycles. The second kappa shape index (κ2) is 9.90. The number of rotatable bonds is 7. The predicted molar refractivity (Wildman–Crippen MR) is 138 cm³/mol. The maximum Gasteiger partial charge on any atom is 0.182 e. The van der Waals surface area contributed by atoms with E-state index in [0.717, 1.165) is 59.3 Å². The maximum atomic E-state index is 13.5. The van der Waals surface area contributed by atoms with Crippen molar-refractivity contribution in [2.45, 2.75) is 39.2 Å². The van der Waals surface area contributed by atoms with E-state index in [2.05, 4.69) is 32.1 Å². The number of carbonyl (C=O) groups is 1. The summed E-state index contributed by atoms with van der Waals surface area (Å²) in [5.41, 5.74) is 3.72. The fraction of sp³-hybridized carbons (Fsp3) is 0.400. The Morgan fingerprint density at radius 3 is 2.88 bits per heavy atom. The Balaban J connectivity index is 1.45. The van der Waals surface area contributed by atoms with E-state index in [-0.39, 0.29) is 11.8 Å². The summed E-state index contributed by atoms with van der Waals surface area (Å²) in [6.45, 7) is 7.36. The van der Waals surface area contributed by atoms with Gasteiger partial charge < -0.3 is 10.2 Å². The largest absolute Gasteiger partial charge is 0.360 e. The van der Waals surface area contributed by atoms with Crippen molar-refractivity contribution >= 4 is 55.7 Å². The molecule has 1 N–H and O–H groups in total. The summed E-state index contributed by atoms with van der Waals surface area (Å²) in [6, 6.07) is 7.52. The Morgan fingerprint density at radius 2 is 2.09 bits per heavy atom. The first-order valence-electron chi connectivity index (χ1n) is 11.7. The number of piperidine rings is 1. The van der Waals surface area contributed by atoms with Crippen molar-refractivity contribution in [1.82, 2.24) is 24.8 Å². The summed E-state index contributed by atoms with van der Waals surface area (Å²) in [6.07, 6.45) is 4.12. The van der Waals surface area contributed by atoms with Crippen LogP contribution in [-0.4, -0.2) is 50.3 Å². The SMILES string of the molecule is CCN1CCC(CC(=O)c2nc([C@H](C)Nc3ncnc4scnc34)cc3cccc(Cl)c23)CC1. The molecular formula is C25H27ClN6OS. The predicted octanol–water partition coefficient (Wildman–Crippen LogP) is 5.77. The van der Waals surface area contributed by atoms with Crippen LogP contribution in [0.1, 0.15) is 55.3 Å². The van der Waals surface area contributed by atoms with Crippen molar-refractivity contribution in [3.05, 3.63) is 52.5 Å². The number of benzene rings is 1. The fourth-order valence-corrected chi connectivity index (χ4v) is 5.55. The Hall–Kier alpha value is -2.68. The number of Topliss-reactive ketones (excluding diaryl/α,β-unsaturated/α-hetero) is 1. The molecule has 7 nitrogen and oxygen atoms in total. The van der Waals surface area contributed by atoms with E-state index < -0.39 is 0 Å². The molecule has 9 heteroatoms. The third-order valence-electron chi connectivity index (χ3n) is 6.65. The average molecular weight is 495 g/mol. The van der Waals surface area contributed by atoms with E-state index in [0.29, 0.717) is 28.9 Å². The lowest BCUT2D eigenvalue weighted by molar-refractivity contribution is 0.0927. The monoisotopic (exact) mass is 494 g/mol. The number of likely N-dealkylation sites (tertiary alicyclic amines) is 1.